The van der Waals surface area contributed by atoms with Crippen molar-refractivity contribution in [1.82, 2.24) is 5.43 Å². The number of nitrogens with zero attached hydrogens (tertiary/aromatic N) is 1. The molecule has 0 aliphatic heterocycles. The summed E-state index contributed by atoms with van der Waals surface area (Å²) in [4.78, 5) is 11.8. The number of carbonyl (C=O) groups is 1. The Hall–Kier alpha value is -1.84. The Morgan fingerprint density at radius 3 is 2.57 bits per heavy atom. The van der Waals surface area contributed by atoms with Gasteiger partial charge in [0.1, 0.15) is 0 Å². The van der Waals surface area contributed by atoms with Gasteiger partial charge in [-0.15, -0.1) is 0 Å². The third kappa shape index (κ3) is 4.88. The van der Waals surface area contributed by atoms with Crippen molar-refractivity contribution in [3.63, 3.8) is 0 Å². The number of hydrazone groups is 1. The molecular formula is C16H14Cl2N2O. The smallest absolute Gasteiger partial charge is 0.267 e. The third-order valence-corrected chi connectivity index (χ3v) is 3.58. The second kappa shape index (κ2) is 7.81. The van der Waals surface area contributed by atoms with Crippen LogP contribution in [0.2, 0.25) is 10.0 Å². The maximum Gasteiger partial charge on any atom is 0.271 e. The molecule has 0 bridgehead atoms. The number of halogens is 2. The summed E-state index contributed by atoms with van der Waals surface area (Å²) in [6, 6.07) is 14.8. The summed E-state index contributed by atoms with van der Waals surface area (Å²) in [6.07, 6.45) is 3.32. The van der Waals surface area contributed by atoms with Crippen molar-refractivity contribution in [2.24, 2.45) is 5.10 Å². The van der Waals surface area contributed by atoms with Crippen molar-refractivity contribution in [2.45, 2.75) is 12.8 Å². The summed E-state index contributed by atoms with van der Waals surface area (Å²) in [5.41, 5.74) is 4.12. The maximum absolute atomic E-state index is 11.8. The van der Waals surface area contributed by atoms with Crippen molar-refractivity contribution in [3.05, 3.63) is 69.7 Å². The molecule has 2 aromatic rings. The van der Waals surface area contributed by atoms with E-state index in [1.54, 1.807) is 18.3 Å². The highest BCUT2D eigenvalue weighted by Gasteiger charge is 2.06. The first-order chi connectivity index (χ1) is 10.2. The molecule has 0 atom stereocenters. The van der Waals surface area contributed by atoms with Gasteiger partial charge in [0.15, 0.2) is 0 Å². The van der Waals surface area contributed by atoms with E-state index in [-0.39, 0.29) is 5.91 Å². The largest absolute Gasteiger partial charge is 0.271 e. The van der Waals surface area contributed by atoms with E-state index in [9.17, 15) is 4.79 Å². The maximum atomic E-state index is 11.8. The van der Waals surface area contributed by atoms with Crippen LogP contribution in [0.3, 0.4) is 0 Å². The van der Waals surface area contributed by atoms with Gasteiger partial charge in [0.05, 0.1) is 10.0 Å². The van der Waals surface area contributed by atoms with Crippen LogP contribution in [-0.4, -0.2) is 12.1 Å². The molecule has 0 aromatic heterocycles. The monoisotopic (exact) mass is 320 g/mol. The van der Waals surface area contributed by atoms with E-state index in [2.05, 4.69) is 22.7 Å². The number of hydrogen-bond donors (Lipinski definition) is 1. The predicted octanol–water partition coefficient (Wildman–Crippen LogP) is 4.34. The molecule has 1 N–H and O–H groups in total. The molecule has 21 heavy (non-hydrogen) atoms. The molecule has 108 valence electrons. The van der Waals surface area contributed by atoms with Crippen LogP contribution in [0.1, 0.15) is 22.3 Å². The van der Waals surface area contributed by atoms with Crippen LogP contribution in [0.15, 0.2) is 53.6 Å². The van der Waals surface area contributed by atoms with Gasteiger partial charge in [-0.1, -0.05) is 53.5 Å². The molecule has 0 saturated heterocycles. The van der Waals surface area contributed by atoms with Crippen LogP contribution < -0.4 is 5.43 Å². The molecule has 0 fully saturated rings. The van der Waals surface area contributed by atoms with Gasteiger partial charge < -0.3 is 0 Å². The number of amides is 1. The Bertz CT molecular complexity index is 642. The van der Waals surface area contributed by atoms with E-state index >= 15 is 0 Å². The minimum atomic E-state index is -0.315. The van der Waals surface area contributed by atoms with Gasteiger partial charge in [-0.05, 0) is 36.6 Å². The highest BCUT2D eigenvalue weighted by Crippen LogP contribution is 2.22. The molecule has 0 aliphatic carbocycles. The molecule has 0 unspecified atom stereocenters. The predicted molar refractivity (Wildman–Crippen MR) is 87.2 cm³/mol. The van der Waals surface area contributed by atoms with Gasteiger partial charge in [0, 0.05) is 11.8 Å². The first-order valence-electron chi connectivity index (χ1n) is 6.47. The minimum Gasteiger partial charge on any atom is -0.267 e. The van der Waals surface area contributed by atoms with Crippen LogP contribution in [0.5, 0.6) is 0 Å². The molecule has 2 aromatic carbocycles. The molecule has 5 heteroatoms. The second-order valence-corrected chi connectivity index (χ2v) is 5.22. The van der Waals surface area contributed by atoms with Crippen LogP contribution in [0, 0.1) is 0 Å². The molecule has 0 heterocycles. The van der Waals surface area contributed by atoms with Crippen molar-refractivity contribution >= 4 is 35.3 Å². The Morgan fingerprint density at radius 2 is 1.86 bits per heavy atom. The zero-order valence-corrected chi connectivity index (χ0v) is 12.7. The van der Waals surface area contributed by atoms with Crippen molar-refractivity contribution < 1.29 is 4.79 Å². The Morgan fingerprint density at radius 1 is 1.10 bits per heavy atom. The molecular weight excluding hydrogens is 307 g/mol. The molecule has 3 nitrogen and oxygen atoms in total. The Kier molecular flexibility index (Phi) is 5.78. The van der Waals surface area contributed by atoms with Gasteiger partial charge in [-0.25, -0.2) is 5.43 Å². The second-order valence-electron chi connectivity index (χ2n) is 4.41. The summed E-state index contributed by atoms with van der Waals surface area (Å²) in [5.74, 6) is -0.315. The fourth-order valence-electron chi connectivity index (χ4n) is 1.75. The molecule has 2 rings (SSSR count). The van der Waals surface area contributed by atoms with Gasteiger partial charge in [-0.2, -0.15) is 5.10 Å². The standard InChI is InChI=1S/C16H14Cl2N2O/c17-14-9-8-13(11-15(14)18)16(21)20-19-10-4-7-12-5-2-1-3-6-12/h1-3,5-6,8-11H,4,7H2,(H,20,21). The van der Waals surface area contributed by atoms with E-state index in [4.69, 9.17) is 23.2 Å². The summed E-state index contributed by atoms with van der Waals surface area (Å²) in [6.45, 7) is 0. The quantitative estimate of drug-likeness (QED) is 0.646. The van der Waals surface area contributed by atoms with Crippen LogP contribution in [0.4, 0.5) is 0 Å². The topological polar surface area (TPSA) is 41.5 Å². The van der Waals surface area contributed by atoms with Crippen LogP contribution >= 0.6 is 23.2 Å². The molecule has 0 aliphatic rings. The number of hydrogen-bond acceptors (Lipinski definition) is 2. The summed E-state index contributed by atoms with van der Waals surface area (Å²) < 4.78 is 0. The Labute approximate surface area is 133 Å². The highest BCUT2D eigenvalue weighted by molar-refractivity contribution is 6.42. The van der Waals surface area contributed by atoms with E-state index < -0.39 is 0 Å². The fraction of sp³-hybridized carbons (Fsp3) is 0.125. The molecule has 1 amide bonds. The number of rotatable bonds is 5. The summed E-state index contributed by atoms with van der Waals surface area (Å²) in [5, 5.41) is 4.68. The minimum absolute atomic E-state index is 0.315. The van der Waals surface area contributed by atoms with Crippen molar-refractivity contribution in [2.75, 3.05) is 0 Å². The average molecular weight is 321 g/mol. The lowest BCUT2D eigenvalue weighted by Gasteiger charge is -2.01. The highest BCUT2D eigenvalue weighted by atomic mass is 35.5. The molecule has 0 spiro atoms. The van der Waals surface area contributed by atoms with E-state index in [1.165, 1.54) is 11.6 Å². The zero-order valence-electron chi connectivity index (χ0n) is 11.2. The summed E-state index contributed by atoms with van der Waals surface area (Å²) in [7, 11) is 0. The van der Waals surface area contributed by atoms with Crippen molar-refractivity contribution in [3.8, 4) is 0 Å². The lowest BCUT2D eigenvalue weighted by atomic mass is 10.1. The lowest BCUT2D eigenvalue weighted by molar-refractivity contribution is 0.0955. The Balaban J connectivity index is 1.80. The lowest BCUT2D eigenvalue weighted by Crippen LogP contribution is -2.17. The molecule has 0 saturated carbocycles. The van der Waals surface area contributed by atoms with Gasteiger partial charge in [0.2, 0.25) is 0 Å². The molecule has 0 radical (unpaired) electrons. The SMILES string of the molecule is O=C(NN=CCCc1ccccc1)c1ccc(Cl)c(Cl)c1. The van der Waals surface area contributed by atoms with E-state index in [0.717, 1.165) is 12.8 Å². The van der Waals surface area contributed by atoms with E-state index in [0.29, 0.717) is 15.6 Å². The normalized spacial score (nSPS) is 10.8. The van der Waals surface area contributed by atoms with E-state index in [1.807, 2.05) is 18.2 Å². The first kappa shape index (κ1) is 15.5. The average Bonchev–Trinajstić information content (AvgIpc) is 2.50. The number of carbonyl (C=O) groups excluding carboxylic acids is 1. The number of benzene rings is 2. The van der Waals surface area contributed by atoms with Gasteiger partial charge in [-0.3, -0.25) is 4.79 Å². The number of aryl methyl sites for hydroxylation is 1. The first-order valence-corrected chi connectivity index (χ1v) is 7.23. The van der Waals surface area contributed by atoms with Crippen molar-refractivity contribution in [1.29, 1.82) is 0 Å². The summed E-state index contributed by atoms with van der Waals surface area (Å²) >= 11 is 11.7. The third-order valence-electron chi connectivity index (χ3n) is 2.84. The fourth-order valence-corrected chi connectivity index (χ4v) is 2.04. The number of nitrogens with one attached hydrogen (secondary N) is 1. The van der Waals surface area contributed by atoms with Crippen LogP contribution in [0.25, 0.3) is 0 Å². The zero-order chi connectivity index (χ0) is 15.1. The van der Waals surface area contributed by atoms with Gasteiger partial charge >= 0.3 is 0 Å². The van der Waals surface area contributed by atoms with Gasteiger partial charge in [0.25, 0.3) is 5.91 Å². The van der Waals surface area contributed by atoms with Crippen LogP contribution in [-0.2, 0) is 6.42 Å².